The van der Waals surface area contributed by atoms with Crippen molar-refractivity contribution in [2.75, 3.05) is 5.75 Å². The van der Waals surface area contributed by atoms with Crippen LogP contribution in [0.2, 0.25) is 0 Å². The van der Waals surface area contributed by atoms with E-state index in [1.807, 2.05) is 0 Å². The SMILES string of the molecule is CCS(=O)(=O)[C@@](Cl)(I)C(=O)c1cccc([N+](=O)[O-])c1. The van der Waals surface area contributed by atoms with Gasteiger partial charge in [0, 0.05) is 17.7 Å². The summed E-state index contributed by atoms with van der Waals surface area (Å²) in [5, 5.41) is 10.6. The molecule has 0 bridgehead atoms. The number of nitrogens with zero attached hydrogens (tertiary/aromatic N) is 1. The predicted octanol–water partition coefficient (Wildman–Crippen LogP) is 2.54. The van der Waals surface area contributed by atoms with Crippen LogP contribution in [-0.4, -0.2) is 27.1 Å². The van der Waals surface area contributed by atoms with E-state index in [-0.39, 0.29) is 17.0 Å². The second-order valence-corrected chi connectivity index (χ2v) is 9.75. The van der Waals surface area contributed by atoms with E-state index in [2.05, 4.69) is 0 Å². The van der Waals surface area contributed by atoms with Crippen LogP contribution in [0.4, 0.5) is 5.69 Å². The maximum Gasteiger partial charge on any atom is 0.270 e. The lowest BCUT2D eigenvalue weighted by Crippen LogP contribution is -2.36. The minimum Gasteiger partial charge on any atom is -0.290 e. The van der Waals surface area contributed by atoms with Crippen LogP contribution >= 0.6 is 34.2 Å². The van der Waals surface area contributed by atoms with E-state index < -0.39 is 22.8 Å². The zero-order chi connectivity index (χ0) is 14.8. The number of nitro benzene ring substituents is 1. The van der Waals surface area contributed by atoms with Crippen molar-refractivity contribution >= 4 is 55.5 Å². The molecule has 0 N–H and O–H groups in total. The van der Waals surface area contributed by atoms with Gasteiger partial charge < -0.3 is 0 Å². The number of benzene rings is 1. The number of nitro groups is 1. The molecule has 1 aromatic carbocycles. The molecule has 104 valence electrons. The van der Waals surface area contributed by atoms with Crippen molar-refractivity contribution in [3.63, 3.8) is 0 Å². The van der Waals surface area contributed by atoms with Gasteiger partial charge in [0.05, 0.1) is 10.7 Å². The second-order valence-electron chi connectivity index (χ2n) is 3.56. The molecule has 1 rings (SSSR count). The fraction of sp³-hybridized carbons (Fsp3) is 0.300. The van der Waals surface area contributed by atoms with Gasteiger partial charge in [-0.1, -0.05) is 30.7 Å². The van der Waals surface area contributed by atoms with E-state index in [1.54, 1.807) is 0 Å². The molecule has 0 unspecified atom stereocenters. The van der Waals surface area contributed by atoms with Gasteiger partial charge >= 0.3 is 0 Å². The summed E-state index contributed by atoms with van der Waals surface area (Å²) in [6.45, 7) is 1.37. The Morgan fingerprint density at radius 1 is 1.53 bits per heavy atom. The molecule has 0 aliphatic heterocycles. The molecule has 9 heteroatoms. The monoisotopic (exact) mass is 417 g/mol. The van der Waals surface area contributed by atoms with Gasteiger partial charge in [0.2, 0.25) is 5.78 Å². The van der Waals surface area contributed by atoms with Gasteiger partial charge in [-0.3, -0.25) is 14.9 Å². The number of alkyl halides is 2. The molecule has 0 saturated heterocycles. The molecular weight excluding hydrogens is 409 g/mol. The number of ketones is 1. The number of halogens is 2. The van der Waals surface area contributed by atoms with E-state index in [0.29, 0.717) is 0 Å². The summed E-state index contributed by atoms with van der Waals surface area (Å²) in [6, 6.07) is 4.79. The van der Waals surface area contributed by atoms with Crippen molar-refractivity contribution < 1.29 is 18.1 Å². The Bertz CT molecular complexity index is 629. The summed E-state index contributed by atoms with van der Waals surface area (Å²) in [7, 11) is -3.85. The highest BCUT2D eigenvalue weighted by atomic mass is 127. The molecule has 6 nitrogen and oxygen atoms in total. The molecule has 1 aromatic rings. The summed E-state index contributed by atoms with van der Waals surface area (Å²) in [4.78, 5) is 22.1. The highest BCUT2D eigenvalue weighted by Crippen LogP contribution is 2.36. The lowest BCUT2D eigenvalue weighted by Gasteiger charge is -2.18. The average Bonchev–Trinajstić information content (AvgIpc) is 2.37. The molecule has 0 aliphatic carbocycles. The van der Waals surface area contributed by atoms with E-state index in [4.69, 9.17) is 11.6 Å². The molecule has 0 aromatic heterocycles. The van der Waals surface area contributed by atoms with Crippen LogP contribution in [0.3, 0.4) is 0 Å². The summed E-state index contributed by atoms with van der Waals surface area (Å²) >= 11 is 7.16. The second kappa shape index (κ2) is 5.71. The van der Waals surface area contributed by atoms with Gasteiger partial charge in [-0.2, -0.15) is 0 Å². The van der Waals surface area contributed by atoms with Crippen LogP contribution in [0.15, 0.2) is 24.3 Å². The number of rotatable bonds is 5. The third-order valence-corrected chi connectivity index (χ3v) is 7.46. The lowest BCUT2D eigenvalue weighted by atomic mass is 10.1. The van der Waals surface area contributed by atoms with Crippen LogP contribution in [0.1, 0.15) is 17.3 Å². The topological polar surface area (TPSA) is 94.3 Å². The zero-order valence-electron chi connectivity index (χ0n) is 9.67. The minimum absolute atomic E-state index is 0.115. The van der Waals surface area contributed by atoms with Crippen LogP contribution in [-0.2, 0) is 9.84 Å². The van der Waals surface area contributed by atoms with Crippen molar-refractivity contribution in [2.45, 2.75) is 9.14 Å². The number of Topliss-reactive ketones (excluding diaryl/α,β-unsaturated/α-hetero) is 1. The Labute approximate surface area is 128 Å². The van der Waals surface area contributed by atoms with Crippen molar-refractivity contribution in [3.05, 3.63) is 39.9 Å². The number of hydrogen-bond donors (Lipinski definition) is 0. The first-order chi connectivity index (χ1) is 8.63. The van der Waals surface area contributed by atoms with Crippen LogP contribution in [0.25, 0.3) is 0 Å². The minimum atomic E-state index is -3.85. The van der Waals surface area contributed by atoms with E-state index >= 15 is 0 Å². The molecule has 1 atom stereocenters. The number of carbonyl (C=O) groups excluding carboxylic acids is 1. The largest absolute Gasteiger partial charge is 0.290 e. The van der Waals surface area contributed by atoms with E-state index in [1.165, 1.54) is 47.7 Å². The molecule has 0 radical (unpaired) electrons. The molecule has 0 amide bonds. The van der Waals surface area contributed by atoms with Gasteiger partial charge in [-0.05, 0) is 22.6 Å². The molecule has 0 heterocycles. The van der Waals surface area contributed by atoms with Crippen molar-refractivity contribution in [3.8, 4) is 0 Å². The van der Waals surface area contributed by atoms with Crippen molar-refractivity contribution in [2.24, 2.45) is 0 Å². The molecule has 0 fully saturated rings. The summed E-state index contributed by atoms with van der Waals surface area (Å²) in [6.07, 6.45) is 0. The predicted molar refractivity (Wildman–Crippen MR) is 79.5 cm³/mol. The fourth-order valence-corrected chi connectivity index (χ4v) is 3.70. The number of hydrogen-bond acceptors (Lipinski definition) is 5. The van der Waals surface area contributed by atoms with Gasteiger partial charge in [0.15, 0.2) is 9.84 Å². The number of carbonyl (C=O) groups is 1. The Hall–Kier alpha value is -0.740. The van der Waals surface area contributed by atoms with Gasteiger partial charge in [-0.15, -0.1) is 0 Å². The zero-order valence-corrected chi connectivity index (χ0v) is 13.4. The van der Waals surface area contributed by atoms with Gasteiger partial charge in [0.25, 0.3) is 7.90 Å². The molecule has 0 spiro atoms. The Morgan fingerprint density at radius 2 is 2.11 bits per heavy atom. The normalized spacial score (nSPS) is 14.7. The van der Waals surface area contributed by atoms with E-state index in [0.717, 1.165) is 6.07 Å². The molecule has 0 aliphatic rings. The van der Waals surface area contributed by atoms with Gasteiger partial charge in [-0.25, -0.2) is 8.42 Å². The van der Waals surface area contributed by atoms with Gasteiger partial charge in [0.1, 0.15) is 0 Å². The van der Waals surface area contributed by atoms with Crippen LogP contribution in [0, 0.1) is 10.1 Å². The summed E-state index contributed by atoms with van der Waals surface area (Å²) in [5.74, 6) is -1.19. The average molecular weight is 418 g/mol. The smallest absolute Gasteiger partial charge is 0.270 e. The Balaban J connectivity index is 3.28. The summed E-state index contributed by atoms with van der Waals surface area (Å²) in [5.41, 5.74) is -0.417. The molecule has 19 heavy (non-hydrogen) atoms. The Kier molecular flexibility index (Phi) is 4.91. The van der Waals surface area contributed by atoms with Crippen LogP contribution < -0.4 is 0 Å². The highest BCUT2D eigenvalue weighted by molar-refractivity contribution is 14.1. The third-order valence-electron chi connectivity index (χ3n) is 2.35. The lowest BCUT2D eigenvalue weighted by molar-refractivity contribution is -0.384. The number of non-ortho nitro benzene ring substituents is 1. The molecular formula is C10H9ClINO5S. The summed E-state index contributed by atoms with van der Waals surface area (Å²) < 4.78 is 21.4. The van der Waals surface area contributed by atoms with Crippen LogP contribution in [0.5, 0.6) is 0 Å². The standard InChI is InChI=1S/C10H9ClINO5S/c1-2-19(17,18)10(11,12)9(14)7-4-3-5-8(6-7)13(15)16/h3-6H,2H2,1H3/t10-/m0/s1. The maximum absolute atomic E-state index is 12.1. The number of sulfone groups is 1. The first-order valence-electron chi connectivity index (χ1n) is 5.03. The molecule has 0 saturated carbocycles. The first-order valence-corrected chi connectivity index (χ1v) is 8.13. The fourth-order valence-electron chi connectivity index (χ4n) is 1.25. The third kappa shape index (κ3) is 3.23. The Morgan fingerprint density at radius 3 is 2.58 bits per heavy atom. The van der Waals surface area contributed by atoms with Crippen molar-refractivity contribution in [1.82, 2.24) is 0 Å². The quantitative estimate of drug-likeness (QED) is 0.241. The highest BCUT2D eigenvalue weighted by Gasteiger charge is 2.46. The first kappa shape index (κ1) is 16.3. The van der Waals surface area contributed by atoms with Crippen molar-refractivity contribution in [1.29, 1.82) is 0 Å². The van der Waals surface area contributed by atoms with E-state index in [9.17, 15) is 23.3 Å². The maximum atomic E-state index is 12.1.